The summed E-state index contributed by atoms with van der Waals surface area (Å²) >= 11 is 4.22. The molecule has 3 heteroatoms. The van der Waals surface area contributed by atoms with E-state index in [-0.39, 0.29) is 5.41 Å². The summed E-state index contributed by atoms with van der Waals surface area (Å²) in [4.78, 5) is 0.699. The molecule has 0 saturated heterocycles. The fourth-order valence-electron chi connectivity index (χ4n) is 4.73. The molecule has 5 rings (SSSR count). The molecule has 0 fully saturated rings. The molecule has 0 atom stereocenters. The van der Waals surface area contributed by atoms with Gasteiger partial charge in [-0.25, -0.2) is 0 Å². The number of fused-ring (bicyclic) bond motifs is 4. The average molecular weight is 435 g/mol. The maximum atomic E-state index is 6.41. The van der Waals surface area contributed by atoms with Crippen molar-refractivity contribution in [2.24, 2.45) is 0 Å². The van der Waals surface area contributed by atoms with Crippen LogP contribution in [0.3, 0.4) is 0 Å². The predicted octanol–water partition coefficient (Wildman–Crippen LogP) is 7.93. The Morgan fingerprint density at radius 2 is 1.62 bits per heavy atom. The lowest BCUT2D eigenvalue weighted by Gasteiger charge is -2.22. The van der Waals surface area contributed by atoms with Gasteiger partial charge in [-0.1, -0.05) is 75.0 Å². The molecule has 0 radical (unpaired) electrons. The van der Waals surface area contributed by atoms with Crippen molar-refractivity contribution in [3.63, 3.8) is 0 Å². The highest BCUT2D eigenvalue weighted by Gasteiger charge is 2.35. The minimum absolute atomic E-state index is 0.0102. The molecule has 4 aromatic carbocycles. The molecule has 0 unspecified atom stereocenters. The highest BCUT2D eigenvalue weighted by molar-refractivity contribution is 7.84. The van der Waals surface area contributed by atoms with Crippen LogP contribution in [0.2, 0.25) is 0 Å². The van der Waals surface area contributed by atoms with Crippen molar-refractivity contribution in [3.8, 4) is 11.1 Å². The third kappa shape index (κ3) is 3.39. The lowest BCUT2D eigenvalue weighted by atomic mass is 9.82. The van der Waals surface area contributed by atoms with Crippen molar-refractivity contribution in [1.82, 2.24) is 0 Å². The molecule has 0 heterocycles. The summed E-state index contributed by atoms with van der Waals surface area (Å²) in [5, 5.41) is 5.72. The zero-order valence-corrected chi connectivity index (χ0v) is 19.2. The Hall–Kier alpha value is -3.43. The van der Waals surface area contributed by atoms with Crippen LogP contribution in [0.5, 0.6) is 0 Å². The van der Waals surface area contributed by atoms with Gasteiger partial charge in [0.2, 0.25) is 0 Å². The van der Waals surface area contributed by atoms with Gasteiger partial charge in [0.15, 0.2) is 0 Å². The van der Waals surface area contributed by atoms with Crippen molar-refractivity contribution < 1.29 is 0 Å². The molecular formula is C29H26N2S. The molecule has 0 saturated carbocycles. The molecule has 0 spiro atoms. The Bertz CT molecular complexity index is 1410. The Balaban J connectivity index is 1.47. The van der Waals surface area contributed by atoms with Gasteiger partial charge in [0, 0.05) is 27.9 Å². The van der Waals surface area contributed by atoms with Gasteiger partial charge in [0.05, 0.1) is 0 Å². The van der Waals surface area contributed by atoms with E-state index in [4.69, 9.17) is 5.73 Å². The number of thiol groups is 1. The van der Waals surface area contributed by atoms with E-state index in [1.807, 2.05) is 18.2 Å². The Morgan fingerprint density at radius 3 is 2.44 bits per heavy atom. The second kappa shape index (κ2) is 7.61. The molecule has 0 amide bonds. The first-order valence-electron chi connectivity index (χ1n) is 10.7. The average Bonchev–Trinajstić information content (AvgIpc) is 3.00. The molecule has 1 aliphatic rings. The van der Waals surface area contributed by atoms with Gasteiger partial charge in [-0.05, 0) is 68.5 Å². The number of rotatable bonds is 4. The third-order valence-electron chi connectivity index (χ3n) is 6.42. The molecule has 158 valence electrons. The maximum absolute atomic E-state index is 6.41. The molecule has 4 aromatic rings. The number of nitrogen functional groups attached to an aromatic ring is 1. The zero-order valence-electron chi connectivity index (χ0n) is 18.3. The fraction of sp³-hybridized carbons (Fsp3) is 0.103. The van der Waals surface area contributed by atoms with Crippen LogP contribution in [-0.2, 0) is 5.41 Å². The lowest BCUT2D eigenvalue weighted by molar-refractivity contribution is 0.660. The van der Waals surface area contributed by atoms with E-state index >= 15 is 0 Å². The number of hydrogen-bond donors (Lipinski definition) is 3. The van der Waals surface area contributed by atoms with Crippen LogP contribution in [-0.4, -0.2) is 0 Å². The largest absolute Gasteiger partial charge is 0.398 e. The minimum atomic E-state index is -0.0102. The first-order valence-corrected chi connectivity index (χ1v) is 11.2. The first-order chi connectivity index (χ1) is 15.3. The topological polar surface area (TPSA) is 38.0 Å². The van der Waals surface area contributed by atoms with Gasteiger partial charge in [0.1, 0.15) is 0 Å². The van der Waals surface area contributed by atoms with Crippen LogP contribution in [0, 0.1) is 0 Å². The highest BCUT2D eigenvalue weighted by Crippen LogP contribution is 2.49. The van der Waals surface area contributed by atoms with Crippen LogP contribution in [0.25, 0.3) is 28.0 Å². The van der Waals surface area contributed by atoms with Crippen LogP contribution < -0.4 is 11.1 Å². The Kier molecular flexibility index (Phi) is 4.87. The van der Waals surface area contributed by atoms with Gasteiger partial charge in [-0.2, -0.15) is 0 Å². The molecule has 3 N–H and O–H groups in total. The number of nitrogens with one attached hydrogen (secondary N) is 1. The molecule has 2 nitrogen and oxygen atoms in total. The lowest BCUT2D eigenvalue weighted by Crippen LogP contribution is -2.15. The normalized spacial score (nSPS) is 13.8. The number of nitrogens with two attached hydrogens (primary N) is 1. The minimum Gasteiger partial charge on any atom is -0.398 e. The summed E-state index contributed by atoms with van der Waals surface area (Å²) in [5.74, 6) is 0. The summed E-state index contributed by atoms with van der Waals surface area (Å²) in [6.45, 7) is 8.39. The van der Waals surface area contributed by atoms with E-state index in [9.17, 15) is 0 Å². The molecule has 0 aromatic heterocycles. The Morgan fingerprint density at radius 1 is 0.906 bits per heavy atom. The molecule has 0 bridgehead atoms. The standard InChI is InChI=1S/C29H26N2S/c1-18(32)8-9-19-10-11-20-16-21(12-14-23(20)28(19)30)31-22-13-15-25-24-6-4-5-7-26(24)29(2,3)27(25)17-22/h4-17,31-32H,1,30H2,2-3H3/b9-8-. The second-order valence-corrected chi connectivity index (χ2v) is 9.46. The molecule has 1 aliphatic carbocycles. The monoisotopic (exact) mass is 434 g/mol. The van der Waals surface area contributed by atoms with Crippen molar-refractivity contribution in [1.29, 1.82) is 0 Å². The number of allylic oxidation sites excluding steroid dienone is 1. The van der Waals surface area contributed by atoms with Crippen molar-refractivity contribution in [2.75, 3.05) is 11.1 Å². The third-order valence-corrected chi connectivity index (χ3v) is 6.57. The Labute approximate surface area is 194 Å². The van der Waals surface area contributed by atoms with Crippen LogP contribution in [0.4, 0.5) is 17.1 Å². The van der Waals surface area contributed by atoms with Crippen molar-refractivity contribution >= 4 is 46.5 Å². The SMILES string of the molecule is C=C(S)/C=C\c1ccc2cc(Nc3ccc4c(c3)C(C)(C)c3ccccc3-4)ccc2c1N. The van der Waals surface area contributed by atoms with E-state index < -0.39 is 0 Å². The van der Waals surface area contributed by atoms with Gasteiger partial charge < -0.3 is 11.1 Å². The summed E-state index contributed by atoms with van der Waals surface area (Å²) in [7, 11) is 0. The summed E-state index contributed by atoms with van der Waals surface area (Å²) in [6, 6.07) is 25.8. The highest BCUT2D eigenvalue weighted by atomic mass is 32.1. The fourth-order valence-corrected chi connectivity index (χ4v) is 4.80. The van der Waals surface area contributed by atoms with Gasteiger partial charge in [-0.3, -0.25) is 0 Å². The molecule has 0 aliphatic heterocycles. The van der Waals surface area contributed by atoms with Crippen molar-refractivity contribution in [3.05, 3.63) is 107 Å². The summed E-state index contributed by atoms with van der Waals surface area (Å²) < 4.78 is 0. The van der Waals surface area contributed by atoms with Crippen LogP contribution in [0.1, 0.15) is 30.5 Å². The summed E-state index contributed by atoms with van der Waals surface area (Å²) in [5.41, 5.74) is 15.7. The van der Waals surface area contributed by atoms with Crippen LogP contribution >= 0.6 is 12.6 Å². The number of benzene rings is 4. The van der Waals surface area contributed by atoms with E-state index in [2.05, 4.69) is 105 Å². The molecule has 32 heavy (non-hydrogen) atoms. The van der Waals surface area contributed by atoms with Crippen LogP contribution in [0.15, 0.2) is 90.4 Å². The quantitative estimate of drug-likeness (QED) is 0.173. The molecular weight excluding hydrogens is 408 g/mol. The van der Waals surface area contributed by atoms with E-state index in [1.54, 1.807) is 0 Å². The second-order valence-electron chi connectivity index (χ2n) is 8.88. The smallest absolute Gasteiger partial charge is 0.0467 e. The predicted molar refractivity (Wildman–Crippen MR) is 143 cm³/mol. The van der Waals surface area contributed by atoms with E-state index in [1.165, 1.54) is 22.3 Å². The maximum Gasteiger partial charge on any atom is 0.0467 e. The van der Waals surface area contributed by atoms with Crippen molar-refractivity contribution in [2.45, 2.75) is 19.3 Å². The van der Waals surface area contributed by atoms with E-state index in [0.29, 0.717) is 4.91 Å². The van der Waals surface area contributed by atoms with Gasteiger partial charge in [-0.15, -0.1) is 12.6 Å². The number of hydrogen-bond acceptors (Lipinski definition) is 3. The van der Waals surface area contributed by atoms with E-state index in [0.717, 1.165) is 33.4 Å². The zero-order chi connectivity index (χ0) is 22.5. The van der Waals surface area contributed by atoms with Gasteiger partial charge >= 0.3 is 0 Å². The number of anilines is 3. The first kappa shape index (κ1) is 20.5. The van der Waals surface area contributed by atoms with Gasteiger partial charge in [0.25, 0.3) is 0 Å². The summed E-state index contributed by atoms with van der Waals surface area (Å²) in [6.07, 6.45) is 3.80.